The Bertz CT molecular complexity index is 1040. The number of benzene rings is 2. The summed E-state index contributed by atoms with van der Waals surface area (Å²) in [6, 6.07) is 17.7. The smallest absolute Gasteiger partial charge is 0.408 e. The van der Waals surface area contributed by atoms with Gasteiger partial charge in [0.1, 0.15) is 11.2 Å². The van der Waals surface area contributed by atoms with Crippen LogP contribution in [-0.2, 0) is 27.1 Å². The molecule has 2 rings (SSSR count). The first kappa shape index (κ1) is 34.0. The summed E-state index contributed by atoms with van der Waals surface area (Å²) in [5, 5.41) is 30.7. The van der Waals surface area contributed by atoms with Crippen LogP contribution in [0, 0.1) is 0 Å². The fraction of sp³-hybridized carbons (Fsp3) is 0.548. The summed E-state index contributed by atoms with van der Waals surface area (Å²) in [6.07, 6.45) is -2.55. The molecule has 10 heteroatoms. The van der Waals surface area contributed by atoms with Crippen LogP contribution in [0.15, 0.2) is 60.7 Å². The largest absolute Gasteiger partial charge is 0.444 e. The topological polar surface area (TPSA) is 138 Å². The first-order valence-electron chi connectivity index (χ1n) is 13.9. The molecule has 2 aromatic rings. The van der Waals surface area contributed by atoms with Crippen molar-refractivity contribution in [2.45, 2.75) is 83.0 Å². The Morgan fingerprint density at radius 2 is 1.15 bits per heavy atom. The van der Waals surface area contributed by atoms with E-state index in [2.05, 4.69) is 16.0 Å². The minimum atomic E-state index is -1.01. The van der Waals surface area contributed by atoms with Gasteiger partial charge in [-0.3, -0.25) is 0 Å². The molecule has 0 saturated carbocycles. The maximum absolute atomic E-state index is 12.7. The molecule has 0 heterocycles. The summed E-state index contributed by atoms with van der Waals surface area (Å²) < 4.78 is 16.0. The van der Waals surface area contributed by atoms with Crippen molar-refractivity contribution in [2.75, 3.05) is 26.8 Å². The van der Waals surface area contributed by atoms with Crippen molar-refractivity contribution in [3.63, 3.8) is 0 Å². The molecule has 41 heavy (non-hydrogen) atoms. The number of ether oxygens (including phenoxy) is 3. The molecule has 228 valence electrons. The van der Waals surface area contributed by atoms with Crippen molar-refractivity contribution < 1.29 is 34.0 Å². The van der Waals surface area contributed by atoms with Gasteiger partial charge in [0, 0.05) is 20.2 Å². The SMILES string of the molecule is COCC(C)(C)OC(=O)N[C@@H](Cc1ccccc1)[C@H](O)CNC[C@@H](O)[C@H](Cc1ccccc1)NC(=O)OC(C)(C)C. The number of hydrogen-bond donors (Lipinski definition) is 5. The Balaban J connectivity index is 2.04. The maximum Gasteiger partial charge on any atom is 0.408 e. The van der Waals surface area contributed by atoms with Crippen molar-refractivity contribution in [3.8, 4) is 0 Å². The van der Waals surface area contributed by atoms with E-state index in [-0.39, 0.29) is 19.7 Å². The lowest BCUT2D eigenvalue weighted by atomic mass is 10.00. The number of carbonyl (C=O) groups is 2. The molecule has 0 aromatic heterocycles. The molecule has 4 atom stereocenters. The number of rotatable bonds is 15. The second-order valence-electron chi connectivity index (χ2n) is 11.8. The molecule has 0 aliphatic rings. The molecule has 0 fully saturated rings. The molecular weight excluding hydrogens is 526 g/mol. The normalized spacial score (nSPS) is 14.8. The summed E-state index contributed by atoms with van der Waals surface area (Å²) >= 11 is 0. The van der Waals surface area contributed by atoms with E-state index in [1.807, 2.05) is 60.7 Å². The van der Waals surface area contributed by atoms with Gasteiger partial charge in [-0.15, -0.1) is 0 Å². The third-order valence-corrected chi connectivity index (χ3v) is 6.10. The van der Waals surface area contributed by atoms with Gasteiger partial charge < -0.3 is 40.4 Å². The van der Waals surface area contributed by atoms with E-state index in [0.717, 1.165) is 11.1 Å². The lowest BCUT2D eigenvalue weighted by molar-refractivity contribution is -0.0216. The number of amides is 2. The number of hydrogen-bond acceptors (Lipinski definition) is 8. The molecule has 0 radical (unpaired) electrons. The highest BCUT2D eigenvalue weighted by Crippen LogP contribution is 2.13. The van der Waals surface area contributed by atoms with Crippen molar-refractivity contribution in [1.29, 1.82) is 0 Å². The molecule has 0 unspecified atom stereocenters. The lowest BCUT2D eigenvalue weighted by Gasteiger charge is -2.29. The third kappa shape index (κ3) is 13.8. The highest BCUT2D eigenvalue weighted by molar-refractivity contribution is 5.68. The Morgan fingerprint density at radius 1 is 0.732 bits per heavy atom. The fourth-order valence-corrected chi connectivity index (χ4v) is 4.23. The minimum absolute atomic E-state index is 0.0702. The summed E-state index contributed by atoms with van der Waals surface area (Å²) in [7, 11) is 1.53. The molecule has 0 bridgehead atoms. The quantitative estimate of drug-likeness (QED) is 0.219. The first-order chi connectivity index (χ1) is 19.3. The predicted molar refractivity (Wildman–Crippen MR) is 158 cm³/mol. The van der Waals surface area contributed by atoms with E-state index < -0.39 is 47.7 Å². The lowest BCUT2D eigenvalue weighted by Crippen LogP contribution is -2.53. The zero-order valence-corrected chi connectivity index (χ0v) is 25.1. The van der Waals surface area contributed by atoms with Crippen LogP contribution in [0.4, 0.5) is 9.59 Å². The van der Waals surface area contributed by atoms with Crippen LogP contribution in [0.3, 0.4) is 0 Å². The average molecular weight is 574 g/mol. The molecule has 0 saturated heterocycles. The van der Waals surface area contributed by atoms with E-state index in [4.69, 9.17) is 14.2 Å². The molecule has 0 spiro atoms. The molecule has 0 aliphatic heterocycles. The van der Waals surface area contributed by atoms with Gasteiger partial charge in [0.2, 0.25) is 0 Å². The number of aliphatic hydroxyl groups excluding tert-OH is 2. The Morgan fingerprint density at radius 3 is 1.54 bits per heavy atom. The van der Waals surface area contributed by atoms with Gasteiger partial charge in [0.25, 0.3) is 0 Å². The minimum Gasteiger partial charge on any atom is -0.444 e. The van der Waals surface area contributed by atoms with Crippen molar-refractivity contribution in [1.82, 2.24) is 16.0 Å². The van der Waals surface area contributed by atoms with Gasteiger partial charge in [-0.2, -0.15) is 0 Å². The second kappa shape index (κ2) is 16.3. The van der Waals surface area contributed by atoms with E-state index in [9.17, 15) is 19.8 Å². The van der Waals surface area contributed by atoms with E-state index in [0.29, 0.717) is 12.8 Å². The summed E-state index contributed by atoms with van der Waals surface area (Å²) in [4.78, 5) is 25.2. The van der Waals surface area contributed by atoms with Crippen LogP contribution in [0.1, 0.15) is 45.7 Å². The van der Waals surface area contributed by atoms with E-state index in [1.165, 1.54) is 7.11 Å². The standard InChI is InChI=1S/C31H47N3O7/c1-30(2,3)40-28(37)33-24(17-22-13-9-7-10-14-22)26(35)19-32-20-27(36)25(18-23-15-11-8-12-16-23)34-29(38)41-31(4,5)21-39-6/h7-16,24-27,32,35-36H,17-21H2,1-6H3,(H,33,37)(H,34,38)/t24-,25-,26+,27+/m0/s1. The predicted octanol–water partition coefficient (Wildman–Crippen LogP) is 3.20. The summed E-state index contributed by atoms with van der Waals surface area (Å²) in [6.45, 7) is 9.14. The average Bonchev–Trinajstić information content (AvgIpc) is 2.87. The monoisotopic (exact) mass is 573 g/mol. The van der Waals surface area contributed by atoms with Gasteiger partial charge in [-0.05, 0) is 58.6 Å². The van der Waals surface area contributed by atoms with Gasteiger partial charge in [0.05, 0.1) is 30.9 Å². The molecule has 2 amide bonds. The number of methoxy groups -OCH3 is 1. The van der Waals surface area contributed by atoms with Crippen molar-refractivity contribution in [2.24, 2.45) is 0 Å². The van der Waals surface area contributed by atoms with Crippen LogP contribution in [-0.4, -0.2) is 84.7 Å². The first-order valence-corrected chi connectivity index (χ1v) is 13.9. The molecule has 2 aromatic carbocycles. The van der Waals surface area contributed by atoms with Gasteiger partial charge in [-0.1, -0.05) is 60.7 Å². The van der Waals surface area contributed by atoms with Crippen LogP contribution in [0.5, 0.6) is 0 Å². The zero-order chi connectivity index (χ0) is 30.5. The molecule has 5 N–H and O–H groups in total. The van der Waals surface area contributed by atoms with Gasteiger partial charge >= 0.3 is 12.2 Å². The Hall–Kier alpha value is -3.18. The van der Waals surface area contributed by atoms with Crippen LogP contribution >= 0.6 is 0 Å². The highest BCUT2D eigenvalue weighted by atomic mass is 16.6. The third-order valence-electron chi connectivity index (χ3n) is 6.10. The van der Waals surface area contributed by atoms with Crippen LogP contribution < -0.4 is 16.0 Å². The number of nitrogens with one attached hydrogen (secondary N) is 3. The second-order valence-corrected chi connectivity index (χ2v) is 11.8. The summed E-state index contributed by atoms with van der Waals surface area (Å²) in [5.74, 6) is 0. The van der Waals surface area contributed by atoms with Crippen LogP contribution in [0.25, 0.3) is 0 Å². The van der Waals surface area contributed by atoms with Gasteiger partial charge in [-0.25, -0.2) is 9.59 Å². The highest BCUT2D eigenvalue weighted by Gasteiger charge is 2.29. The fourth-order valence-electron chi connectivity index (χ4n) is 4.23. The number of carbonyl (C=O) groups excluding carboxylic acids is 2. The summed E-state index contributed by atoms with van der Waals surface area (Å²) in [5.41, 5.74) is 0.334. The number of alkyl carbamates (subject to hydrolysis) is 2. The Kier molecular flexibility index (Phi) is 13.5. The van der Waals surface area contributed by atoms with E-state index >= 15 is 0 Å². The van der Waals surface area contributed by atoms with Crippen molar-refractivity contribution in [3.05, 3.63) is 71.8 Å². The zero-order valence-electron chi connectivity index (χ0n) is 25.1. The molecule has 10 nitrogen and oxygen atoms in total. The van der Waals surface area contributed by atoms with E-state index in [1.54, 1.807) is 34.6 Å². The maximum atomic E-state index is 12.7. The Labute approximate surface area is 243 Å². The number of aliphatic hydroxyl groups is 2. The molecule has 0 aliphatic carbocycles. The van der Waals surface area contributed by atoms with Crippen molar-refractivity contribution >= 4 is 12.2 Å². The van der Waals surface area contributed by atoms with Crippen LogP contribution in [0.2, 0.25) is 0 Å². The van der Waals surface area contributed by atoms with Gasteiger partial charge in [0.15, 0.2) is 0 Å². The molecular formula is C31H47N3O7.